The van der Waals surface area contributed by atoms with E-state index in [0.717, 1.165) is 50.9 Å². The van der Waals surface area contributed by atoms with Crippen LogP contribution in [0.2, 0.25) is 0 Å². The summed E-state index contributed by atoms with van der Waals surface area (Å²) in [6, 6.07) is 12.2. The summed E-state index contributed by atoms with van der Waals surface area (Å²) in [5.74, 6) is 0.914. The standard InChI is InChI=1S/C22H30N6O/c1-23-21(29)20-17-26(13-14-28(20)15-18-7-3-2-4-8-18)16-19-9-10-24-22(25-19)27-11-5-6-12-27/h2-4,7-10,20H,5-6,11-17H2,1H3,(H,23,29)/t20-/m0/s1. The van der Waals surface area contributed by atoms with E-state index in [1.165, 1.54) is 18.4 Å². The maximum Gasteiger partial charge on any atom is 0.238 e. The van der Waals surface area contributed by atoms with E-state index in [0.29, 0.717) is 6.54 Å². The van der Waals surface area contributed by atoms with Crippen LogP contribution in [0.3, 0.4) is 0 Å². The minimum absolute atomic E-state index is 0.0751. The number of nitrogens with one attached hydrogen (secondary N) is 1. The van der Waals surface area contributed by atoms with Gasteiger partial charge in [0.15, 0.2) is 0 Å². The molecule has 1 N–H and O–H groups in total. The van der Waals surface area contributed by atoms with Crippen LogP contribution in [0.4, 0.5) is 5.95 Å². The highest BCUT2D eigenvalue weighted by Gasteiger charge is 2.32. The molecule has 7 nitrogen and oxygen atoms in total. The largest absolute Gasteiger partial charge is 0.358 e. The van der Waals surface area contributed by atoms with Crippen molar-refractivity contribution in [2.75, 3.05) is 44.7 Å². The minimum Gasteiger partial charge on any atom is -0.358 e. The number of rotatable bonds is 6. The van der Waals surface area contributed by atoms with Gasteiger partial charge in [-0.2, -0.15) is 0 Å². The first kappa shape index (κ1) is 19.8. The fraction of sp³-hybridized carbons (Fsp3) is 0.500. The number of hydrogen-bond acceptors (Lipinski definition) is 6. The van der Waals surface area contributed by atoms with Crippen LogP contribution < -0.4 is 10.2 Å². The fourth-order valence-electron chi connectivity index (χ4n) is 4.21. The molecule has 1 atom stereocenters. The first-order valence-corrected chi connectivity index (χ1v) is 10.5. The van der Waals surface area contributed by atoms with Crippen LogP contribution in [0.15, 0.2) is 42.6 Å². The summed E-state index contributed by atoms with van der Waals surface area (Å²) in [7, 11) is 1.72. The van der Waals surface area contributed by atoms with E-state index in [1.54, 1.807) is 7.05 Å². The molecule has 29 heavy (non-hydrogen) atoms. The lowest BCUT2D eigenvalue weighted by molar-refractivity contribution is -0.128. The van der Waals surface area contributed by atoms with Gasteiger partial charge in [-0.25, -0.2) is 9.97 Å². The van der Waals surface area contributed by atoms with E-state index >= 15 is 0 Å². The number of carbonyl (C=O) groups is 1. The number of carbonyl (C=O) groups excluding carboxylic acids is 1. The average molecular weight is 395 g/mol. The quantitative estimate of drug-likeness (QED) is 0.801. The summed E-state index contributed by atoms with van der Waals surface area (Å²) in [5.41, 5.74) is 2.26. The van der Waals surface area contributed by atoms with Gasteiger partial charge >= 0.3 is 0 Å². The molecule has 0 aliphatic carbocycles. The Labute approximate surface area is 172 Å². The van der Waals surface area contributed by atoms with Gasteiger partial charge in [-0.3, -0.25) is 14.6 Å². The normalized spacial score (nSPS) is 20.7. The number of nitrogens with zero attached hydrogens (tertiary/aromatic N) is 5. The SMILES string of the molecule is CNC(=O)[C@@H]1CN(Cc2ccnc(N3CCCC3)n2)CCN1Cc1ccccc1. The Kier molecular flexibility index (Phi) is 6.36. The minimum atomic E-state index is -0.158. The van der Waals surface area contributed by atoms with Gasteiger partial charge in [0.25, 0.3) is 0 Å². The molecule has 154 valence electrons. The molecular formula is C22H30N6O. The molecule has 2 saturated heterocycles. The lowest BCUT2D eigenvalue weighted by Crippen LogP contribution is -2.57. The summed E-state index contributed by atoms with van der Waals surface area (Å²) in [4.78, 5) is 28.7. The zero-order valence-electron chi connectivity index (χ0n) is 17.1. The van der Waals surface area contributed by atoms with E-state index in [2.05, 4.69) is 37.1 Å². The van der Waals surface area contributed by atoms with E-state index in [1.807, 2.05) is 30.5 Å². The Morgan fingerprint density at radius 1 is 1.07 bits per heavy atom. The van der Waals surface area contributed by atoms with Crippen molar-refractivity contribution < 1.29 is 4.79 Å². The number of anilines is 1. The third kappa shape index (κ3) is 4.92. The molecule has 4 rings (SSSR count). The lowest BCUT2D eigenvalue weighted by Gasteiger charge is -2.40. The molecule has 3 heterocycles. The average Bonchev–Trinajstić information content (AvgIpc) is 3.30. The lowest BCUT2D eigenvalue weighted by atomic mass is 10.1. The highest BCUT2D eigenvalue weighted by molar-refractivity contribution is 5.81. The molecule has 0 saturated carbocycles. The fourth-order valence-corrected chi connectivity index (χ4v) is 4.21. The van der Waals surface area contributed by atoms with Gasteiger partial charge < -0.3 is 10.2 Å². The van der Waals surface area contributed by atoms with E-state index < -0.39 is 0 Å². The molecule has 2 aliphatic rings. The molecule has 2 fully saturated rings. The molecule has 0 radical (unpaired) electrons. The molecule has 0 spiro atoms. The first-order valence-electron chi connectivity index (χ1n) is 10.5. The van der Waals surface area contributed by atoms with Crippen LogP contribution in [0.25, 0.3) is 0 Å². The Morgan fingerprint density at radius 3 is 2.62 bits per heavy atom. The zero-order valence-corrected chi connectivity index (χ0v) is 17.1. The van der Waals surface area contributed by atoms with Crippen molar-refractivity contribution in [1.82, 2.24) is 25.1 Å². The predicted molar refractivity (Wildman–Crippen MR) is 113 cm³/mol. The summed E-state index contributed by atoms with van der Waals surface area (Å²) < 4.78 is 0. The Balaban J connectivity index is 1.42. The number of hydrogen-bond donors (Lipinski definition) is 1. The molecule has 2 aliphatic heterocycles. The number of piperazine rings is 1. The highest BCUT2D eigenvalue weighted by atomic mass is 16.2. The summed E-state index contributed by atoms with van der Waals surface area (Å²) in [6.07, 6.45) is 4.29. The van der Waals surface area contributed by atoms with Gasteiger partial charge in [0.2, 0.25) is 11.9 Å². The van der Waals surface area contributed by atoms with Gasteiger partial charge in [-0.1, -0.05) is 30.3 Å². The third-order valence-electron chi connectivity index (χ3n) is 5.83. The van der Waals surface area contributed by atoms with E-state index in [4.69, 9.17) is 4.98 Å². The number of aromatic nitrogens is 2. The van der Waals surface area contributed by atoms with Crippen molar-refractivity contribution in [2.45, 2.75) is 32.0 Å². The zero-order chi connectivity index (χ0) is 20.1. The van der Waals surface area contributed by atoms with Crippen molar-refractivity contribution in [3.05, 3.63) is 53.9 Å². The monoisotopic (exact) mass is 394 g/mol. The van der Waals surface area contributed by atoms with Gasteiger partial charge in [0.1, 0.15) is 6.04 Å². The maximum atomic E-state index is 12.6. The summed E-state index contributed by atoms with van der Waals surface area (Å²) in [5, 5.41) is 2.84. The molecule has 2 aromatic rings. The van der Waals surface area contributed by atoms with Crippen LogP contribution in [0, 0.1) is 0 Å². The smallest absolute Gasteiger partial charge is 0.238 e. The van der Waals surface area contributed by atoms with Crippen LogP contribution >= 0.6 is 0 Å². The molecular weight excluding hydrogens is 364 g/mol. The van der Waals surface area contributed by atoms with Crippen molar-refractivity contribution in [3.63, 3.8) is 0 Å². The number of likely N-dealkylation sites (N-methyl/N-ethyl adjacent to an activating group) is 1. The Bertz CT molecular complexity index is 808. The maximum absolute atomic E-state index is 12.6. The molecule has 0 bridgehead atoms. The molecule has 1 aromatic heterocycles. The van der Waals surface area contributed by atoms with Gasteiger partial charge in [0.05, 0.1) is 5.69 Å². The van der Waals surface area contributed by atoms with Crippen LogP contribution in [0.5, 0.6) is 0 Å². The van der Waals surface area contributed by atoms with Crippen LogP contribution in [-0.2, 0) is 17.9 Å². The van der Waals surface area contributed by atoms with Crippen LogP contribution in [-0.4, -0.2) is 71.5 Å². The number of amides is 1. The topological polar surface area (TPSA) is 64.6 Å². The molecule has 1 aromatic carbocycles. The van der Waals surface area contributed by atoms with Crippen molar-refractivity contribution in [3.8, 4) is 0 Å². The first-order chi connectivity index (χ1) is 14.2. The highest BCUT2D eigenvalue weighted by Crippen LogP contribution is 2.18. The van der Waals surface area contributed by atoms with E-state index in [-0.39, 0.29) is 11.9 Å². The number of benzene rings is 1. The van der Waals surface area contributed by atoms with Crippen LogP contribution in [0.1, 0.15) is 24.1 Å². The summed E-state index contributed by atoms with van der Waals surface area (Å²) >= 11 is 0. The second-order valence-corrected chi connectivity index (χ2v) is 7.86. The predicted octanol–water partition coefficient (Wildman–Crippen LogP) is 1.51. The van der Waals surface area contributed by atoms with E-state index in [9.17, 15) is 4.79 Å². The second-order valence-electron chi connectivity index (χ2n) is 7.86. The molecule has 7 heteroatoms. The third-order valence-corrected chi connectivity index (χ3v) is 5.83. The molecule has 1 amide bonds. The summed E-state index contributed by atoms with van der Waals surface area (Å²) in [6.45, 7) is 6.10. The van der Waals surface area contributed by atoms with Crippen molar-refractivity contribution >= 4 is 11.9 Å². The second kappa shape index (κ2) is 9.33. The van der Waals surface area contributed by atoms with Gasteiger partial charge in [-0.05, 0) is 24.5 Å². The van der Waals surface area contributed by atoms with Crippen molar-refractivity contribution in [2.24, 2.45) is 0 Å². The van der Waals surface area contributed by atoms with Gasteiger partial charge in [-0.15, -0.1) is 0 Å². The Hall–Kier alpha value is -2.51. The Morgan fingerprint density at radius 2 is 1.86 bits per heavy atom. The molecule has 0 unspecified atom stereocenters. The van der Waals surface area contributed by atoms with Crippen molar-refractivity contribution in [1.29, 1.82) is 0 Å². The van der Waals surface area contributed by atoms with Gasteiger partial charge in [0, 0.05) is 59.1 Å².